The number of rotatable bonds is 7. The van der Waals surface area contributed by atoms with E-state index in [1.807, 2.05) is 35.2 Å². The van der Waals surface area contributed by atoms with Crippen LogP contribution in [0.4, 0.5) is 0 Å². The summed E-state index contributed by atoms with van der Waals surface area (Å²) in [7, 11) is 3.49. The molecule has 2 saturated heterocycles. The van der Waals surface area contributed by atoms with Gasteiger partial charge in [-0.15, -0.1) is 0 Å². The molecule has 25 heavy (non-hydrogen) atoms. The second-order valence-electron chi connectivity index (χ2n) is 6.74. The first-order chi connectivity index (χ1) is 12.2. The summed E-state index contributed by atoms with van der Waals surface area (Å²) in [5.74, 6) is 1.14. The quantitative estimate of drug-likeness (QED) is 0.743. The Kier molecular flexibility index (Phi) is 6.29. The first-order valence-electron chi connectivity index (χ1n) is 8.94. The maximum Gasteiger partial charge on any atom is 0.260 e. The summed E-state index contributed by atoms with van der Waals surface area (Å²) in [5, 5.41) is 0. The van der Waals surface area contributed by atoms with Crippen LogP contribution >= 0.6 is 0 Å². The molecule has 1 amide bonds. The fourth-order valence-electron chi connectivity index (χ4n) is 3.99. The van der Waals surface area contributed by atoms with Crippen LogP contribution in [-0.4, -0.2) is 81.5 Å². The molecule has 2 heterocycles. The van der Waals surface area contributed by atoms with E-state index in [0.717, 1.165) is 38.3 Å². The number of carbonyl (C=O) groups is 1. The highest BCUT2D eigenvalue weighted by molar-refractivity contribution is 5.78. The van der Waals surface area contributed by atoms with E-state index in [2.05, 4.69) is 4.90 Å². The maximum atomic E-state index is 12.7. The molecule has 6 nitrogen and oxygen atoms in total. The minimum Gasteiger partial charge on any atom is -0.484 e. The van der Waals surface area contributed by atoms with Crippen LogP contribution in [0.2, 0.25) is 0 Å². The molecule has 3 atom stereocenters. The summed E-state index contributed by atoms with van der Waals surface area (Å²) in [4.78, 5) is 17.1. The van der Waals surface area contributed by atoms with Crippen LogP contribution in [0.15, 0.2) is 30.3 Å². The van der Waals surface area contributed by atoms with E-state index in [1.54, 1.807) is 14.2 Å². The van der Waals surface area contributed by atoms with Crippen molar-refractivity contribution in [1.82, 2.24) is 9.80 Å². The number of hydrogen-bond acceptors (Lipinski definition) is 5. The summed E-state index contributed by atoms with van der Waals surface area (Å²) in [6, 6.07) is 9.68. The average Bonchev–Trinajstić information content (AvgIpc) is 3.08. The Morgan fingerprint density at radius 2 is 2.00 bits per heavy atom. The summed E-state index contributed by atoms with van der Waals surface area (Å²) in [6.45, 7) is 4.25. The third kappa shape index (κ3) is 4.32. The van der Waals surface area contributed by atoms with Gasteiger partial charge in [-0.2, -0.15) is 0 Å². The van der Waals surface area contributed by atoms with Gasteiger partial charge in [-0.05, 0) is 18.6 Å². The molecule has 3 rings (SSSR count). The summed E-state index contributed by atoms with van der Waals surface area (Å²) >= 11 is 0. The second-order valence-corrected chi connectivity index (χ2v) is 6.74. The molecule has 6 heteroatoms. The summed E-state index contributed by atoms with van der Waals surface area (Å²) in [6.07, 6.45) is 1.10. The topological polar surface area (TPSA) is 51.2 Å². The lowest BCUT2D eigenvalue weighted by Gasteiger charge is -2.41. The Labute approximate surface area is 149 Å². The molecule has 0 N–H and O–H groups in total. The van der Waals surface area contributed by atoms with Crippen molar-refractivity contribution >= 4 is 5.91 Å². The SMILES string of the molecule is COCCN1C[C@H]2[C@@H](OC)CCN(C(=O)COc3ccccc3)[C@H]2C1. The van der Waals surface area contributed by atoms with E-state index in [-0.39, 0.29) is 24.7 Å². The zero-order valence-corrected chi connectivity index (χ0v) is 15.1. The van der Waals surface area contributed by atoms with Crippen LogP contribution in [0.5, 0.6) is 5.75 Å². The molecule has 138 valence electrons. The third-order valence-electron chi connectivity index (χ3n) is 5.28. The molecule has 1 aromatic carbocycles. The van der Waals surface area contributed by atoms with Gasteiger partial charge >= 0.3 is 0 Å². The van der Waals surface area contributed by atoms with Crippen molar-refractivity contribution in [2.24, 2.45) is 5.92 Å². The van der Waals surface area contributed by atoms with Crippen LogP contribution in [0, 0.1) is 5.92 Å². The number of para-hydroxylation sites is 1. The predicted molar refractivity (Wildman–Crippen MR) is 94.7 cm³/mol. The second kappa shape index (κ2) is 8.65. The Morgan fingerprint density at radius 3 is 2.72 bits per heavy atom. The van der Waals surface area contributed by atoms with Gasteiger partial charge < -0.3 is 19.1 Å². The lowest BCUT2D eigenvalue weighted by Crippen LogP contribution is -2.54. The fraction of sp³-hybridized carbons (Fsp3) is 0.632. The molecular weight excluding hydrogens is 320 g/mol. The molecule has 0 spiro atoms. The molecule has 0 bridgehead atoms. The molecule has 2 aliphatic rings. The van der Waals surface area contributed by atoms with E-state index in [4.69, 9.17) is 14.2 Å². The van der Waals surface area contributed by atoms with E-state index in [1.165, 1.54) is 0 Å². The lowest BCUT2D eigenvalue weighted by atomic mass is 9.89. The van der Waals surface area contributed by atoms with Crippen molar-refractivity contribution in [2.75, 3.05) is 53.6 Å². The average molecular weight is 348 g/mol. The Bertz CT molecular complexity index is 554. The van der Waals surface area contributed by atoms with Crippen molar-refractivity contribution in [1.29, 1.82) is 0 Å². The number of ether oxygens (including phenoxy) is 3. The molecule has 0 saturated carbocycles. The van der Waals surface area contributed by atoms with Crippen molar-refractivity contribution in [3.63, 3.8) is 0 Å². The standard InChI is InChI=1S/C19H28N2O4/c1-23-11-10-20-12-16-17(13-20)21(9-8-18(16)24-2)19(22)14-25-15-6-4-3-5-7-15/h3-7,16-18H,8-14H2,1-2H3/t16-,17+,18+/m1/s1. The smallest absolute Gasteiger partial charge is 0.260 e. The van der Waals surface area contributed by atoms with Crippen LogP contribution in [0.1, 0.15) is 6.42 Å². The van der Waals surface area contributed by atoms with Gasteiger partial charge in [0.15, 0.2) is 6.61 Å². The number of methoxy groups -OCH3 is 2. The molecule has 0 aromatic heterocycles. The van der Waals surface area contributed by atoms with Gasteiger partial charge in [-0.25, -0.2) is 0 Å². The van der Waals surface area contributed by atoms with Gasteiger partial charge in [0, 0.05) is 46.3 Å². The predicted octanol–water partition coefficient (Wildman–Crippen LogP) is 1.26. The number of carbonyl (C=O) groups excluding carboxylic acids is 1. The lowest BCUT2D eigenvalue weighted by molar-refractivity contribution is -0.141. The van der Waals surface area contributed by atoms with Crippen molar-refractivity contribution < 1.29 is 19.0 Å². The van der Waals surface area contributed by atoms with Gasteiger partial charge in [0.25, 0.3) is 5.91 Å². The highest BCUT2D eigenvalue weighted by Gasteiger charge is 2.45. The minimum atomic E-state index is 0.0574. The van der Waals surface area contributed by atoms with Gasteiger partial charge in [0.2, 0.25) is 0 Å². The number of amides is 1. The minimum absolute atomic E-state index is 0.0574. The Morgan fingerprint density at radius 1 is 1.20 bits per heavy atom. The van der Waals surface area contributed by atoms with E-state index in [9.17, 15) is 4.79 Å². The first-order valence-corrected chi connectivity index (χ1v) is 8.94. The zero-order chi connectivity index (χ0) is 17.6. The van der Waals surface area contributed by atoms with Crippen molar-refractivity contribution in [3.05, 3.63) is 30.3 Å². The Hall–Kier alpha value is -1.63. The van der Waals surface area contributed by atoms with Gasteiger partial charge in [-0.3, -0.25) is 9.69 Å². The summed E-state index contributed by atoms with van der Waals surface area (Å²) in [5.41, 5.74) is 0. The molecule has 0 radical (unpaired) electrons. The molecule has 1 aromatic rings. The highest BCUT2D eigenvalue weighted by Crippen LogP contribution is 2.32. The normalized spacial score (nSPS) is 26.5. The first kappa shape index (κ1) is 18.2. The highest BCUT2D eigenvalue weighted by atomic mass is 16.5. The Balaban J connectivity index is 1.61. The number of fused-ring (bicyclic) bond motifs is 1. The zero-order valence-electron chi connectivity index (χ0n) is 15.1. The van der Waals surface area contributed by atoms with E-state index < -0.39 is 0 Å². The number of benzene rings is 1. The van der Waals surface area contributed by atoms with Gasteiger partial charge in [0.1, 0.15) is 5.75 Å². The number of hydrogen-bond donors (Lipinski definition) is 0. The van der Waals surface area contributed by atoms with Crippen LogP contribution in [0.3, 0.4) is 0 Å². The van der Waals surface area contributed by atoms with Crippen molar-refractivity contribution in [2.45, 2.75) is 18.6 Å². The molecule has 2 aliphatic heterocycles. The number of piperidine rings is 1. The fourth-order valence-corrected chi connectivity index (χ4v) is 3.99. The van der Waals surface area contributed by atoms with E-state index in [0.29, 0.717) is 12.5 Å². The largest absolute Gasteiger partial charge is 0.484 e. The molecule has 2 fully saturated rings. The van der Waals surface area contributed by atoms with E-state index >= 15 is 0 Å². The van der Waals surface area contributed by atoms with Crippen LogP contribution < -0.4 is 4.74 Å². The molecular formula is C19H28N2O4. The van der Waals surface area contributed by atoms with Gasteiger partial charge in [-0.1, -0.05) is 18.2 Å². The van der Waals surface area contributed by atoms with Gasteiger partial charge in [0.05, 0.1) is 18.8 Å². The maximum absolute atomic E-state index is 12.7. The molecule has 0 aliphatic carbocycles. The number of nitrogens with zero attached hydrogens (tertiary/aromatic N) is 2. The third-order valence-corrected chi connectivity index (χ3v) is 5.28. The van der Waals surface area contributed by atoms with Crippen LogP contribution in [-0.2, 0) is 14.3 Å². The summed E-state index contributed by atoms with van der Waals surface area (Å²) < 4.78 is 16.5. The van der Waals surface area contributed by atoms with Crippen molar-refractivity contribution in [3.8, 4) is 5.75 Å². The van der Waals surface area contributed by atoms with Crippen LogP contribution in [0.25, 0.3) is 0 Å². The monoisotopic (exact) mass is 348 g/mol. The molecule has 0 unspecified atom stereocenters. The number of likely N-dealkylation sites (tertiary alicyclic amines) is 2.